The van der Waals surface area contributed by atoms with Crippen LogP contribution < -0.4 is 0 Å². The van der Waals surface area contributed by atoms with Crippen molar-refractivity contribution in [2.24, 2.45) is 5.92 Å². The van der Waals surface area contributed by atoms with Gasteiger partial charge in [-0.3, -0.25) is 4.98 Å². The molecule has 10 nitrogen and oxygen atoms in total. The highest BCUT2D eigenvalue weighted by atomic mass is 19.3. The molecular weight excluding hydrogens is 448 g/mol. The molecule has 1 saturated heterocycles. The van der Waals surface area contributed by atoms with Crippen molar-refractivity contribution in [2.45, 2.75) is 58.6 Å². The monoisotopic (exact) mass is 475 g/mol. The van der Waals surface area contributed by atoms with Crippen molar-refractivity contribution < 1.29 is 22.7 Å². The predicted molar refractivity (Wildman–Crippen MR) is 116 cm³/mol. The Kier molecular flexibility index (Phi) is 6.85. The molecular formula is C22H27F2N7O3. The lowest BCUT2D eigenvalue weighted by Gasteiger charge is -2.33. The zero-order valence-corrected chi connectivity index (χ0v) is 19.3. The second-order valence-corrected chi connectivity index (χ2v) is 9.31. The molecule has 0 atom stereocenters. The van der Waals surface area contributed by atoms with Crippen molar-refractivity contribution in [3.05, 3.63) is 41.8 Å². The third kappa shape index (κ3) is 6.12. The van der Waals surface area contributed by atoms with Gasteiger partial charge in [0.1, 0.15) is 5.60 Å². The molecule has 4 rings (SSSR count). The molecule has 1 aliphatic heterocycles. The van der Waals surface area contributed by atoms with Crippen LogP contribution in [0, 0.1) is 5.92 Å². The summed E-state index contributed by atoms with van der Waals surface area (Å²) in [7, 11) is 0. The quantitative estimate of drug-likeness (QED) is 0.528. The minimum Gasteiger partial charge on any atom is -0.444 e. The van der Waals surface area contributed by atoms with Gasteiger partial charge >= 0.3 is 12.5 Å². The second-order valence-electron chi connectivity index (χ2n) is 9.31. The normalized spacial score (nSPS) is 15.2. The van der Waals surface area contributed by atoms with Crippen molar-refractivity contribution in [3.8, 4) is 11.5 Å². The van der Waals surface area contributed by atoms with E-state index >= 15 is 0 Å². The van der Waals surface area contributed by atoms with E-state index in [1.807, 2.05) is 27.0 Å². The van der Waals surface area contributed by atoms with E-state index in [1.165, 1.54) is 6.20 Å². The summed E-state index contributed by atoms with van der Waals surface area (Å²) in [5.41, 5.74) is 1.57. The van der Waals surface area contributed by atoms with Crippen molar-refractivity contribution >= 4 is 6.09 Å². The van der Waals surface area contributed by atoms with E-state index in [4.69, 9.17) is 9.15 Å². The molecule has 1 aliphatic rings. The Hall–Kier alpha value is -3.44. The standard InChI is InChI=1S/C22H27F2N7O3/c1-22(2,3)34-21(32)30-8-6-14(7-9-30)10-17-13-31(29-26-17)12-16-5-4-15(11-25-16)19-27-28-20(33-19)18(23)24/h4-5,11,13-14,18H,6-10,12H2,1-3H3. The number of aromatic nitrogens is 6. The Morgan fingerprint density at radius 2 is 1.94 bits per heavy atom. The maximum Gasteiger partial charge on any atom is 0.410 e. The molecule has 0 aliphatic carbocycles. The first kappa shape index (κ1) is 23.7. The van der Waals surface area contributed by atoms with Gasteiger partial charge in [0.15, 0.2) is 0 Å². The maximum absolute atomic E-state index is 12.6. The Morgan fingerprint density at radius 1 is 1.18 bits per heavy atom. The van der Waals surface area contributed by atoms with Gasteiger partial charge in [-0.2, -0.15) is 8.78 Å². The van der Waals surface area contributed by atoms with Crippen LogP contribution in [-0.2, 0) is 17.7 Å². The van der Waals surface area contributed by atoms with Crippen LogP contribution in [0.1, 0.15) is 57.3 Å². The van der Waals surface area contributed by atoms with E-state index in [0.717, 1.165) is 30.7 Å². The lowest BCUT2D eigenvalue weighted by atomic mass is 9.92. The number of ether oxygens (including phenoxy) is 1. The number of carbonyl (C=O) groups excluding carboxylic acids is 1. The van der Waals surface area contributed by atoms with Crippen LogP contribution in [0.25, 0.3) is 11.5 Å². The van der Waals surface area contributed by atoms with E-state index < -0.39 is 17.9 Å². The topological polar surface area (TPSA) is 112 Å². The molecule has 0 N–H and O–H groups in total. The molecule has 0 saturated carbocycles. The highest BCUT2D eigenvalue weighted by Crippen LogP contribution is 2.24. The molecule has 0 unspecified atom stereocenters. The van der Waals surface area contributed by atoms with Gasteiger partial charge in [0, 0.05) is 25.5 Å². The van der Waals surface area contributed by atoms with Crippen LogP contribution in [0.4, 0.5) is 13.6 Å². The molecule has 0 spiro atoms. The summed E-state index contributed by atoms with van der Waals surface area (Å²) >= 11 is 0. The van der Waals surface area contributed by atoms with Crippen molar-refractivity contribution in [2.75, 3.05) is 13.1 Å². The zero-order chi connectivity index (χ0) is 24.3. The largest absolute Gasteiger partial charge is 0.444 e. The molecule has 3 aromatic heterocycles. The smallest absolute Gasteiger partial charge is 0.410 e. The van der Waals surface area contributed by atoms with Crippen LogP contribution >= 0.6 is 0 Å². The first-order chi connectivity index (χ1) is 16.2. The average molecular weight is 476 g/mol. The molecule has 4 heterocycles. The Bertz CT molecular complexity index is 1100. The van der Waals surface area contributed by atoms with Crippen LogP contribution in [-0.4, -0.2) is 59.9 Å². The number of rotatable bonds is 6. The molecule has 182 valence electrons. The zero-order valence-electron chi connectivity index (χ0n) is 19.3. The van der Waals surface area contributed by atoms with Gasteiger partial charge in [-0.05, 0) is 58.1 Å². The lowest BCUT2D eigenvalue weighted by Crippen LogP contribution is -2.42. The molecule has 12 heteroatoms. The van der Waals surface area contributed by atoms with Gasteiger partial charge < -0.3 is 14.1 Å². The fraction of sp³-hybridized carbons (Fsp3) is 0.545. The number of alkyl halides is 2. The number of nitrogens with zero attached hydrogens (tertiary/aromatic N) is 7. The first-order valence-electron chi connectivity index (χ1n) is 11.1. The van der Waals surface area contributed by atoms with E-state index in [-0.39, 0.29) is 12.0 Å². The Balaban J connectivity index is 1.27. The third-order valence-electron chi connectivity index (χ3n) is 5.37. The number of likely N-dealkylation sites (tertiary alicyclic amines) is 1. The number of amides is 1. The summed E-state index contributed by atoms with van der Waals surface area (Å²) in [5.74, 6) is -0.298. The highest BCUT2D eigenvalue weighted by molar-refractivity contribution is 5.68. The number of hydrogen-bond acceptors (Lipinski definition) is 8. The molecule has 0 bridgehead atoms. The van der Waals surface area contributed by atoms with Gasteiger partial charge in [-0.25, -0.2) is 9.48 Å². The van der Waals surface area contributed by atoms with Crippen molar-refractivity contribution in [1.82, 2.24) is 35.1 Å². The molecule has 1 fully saturated rings. The van der Waals surface area contributed by atoms with Crippen LogP contribution in [0.2, 0.25) is 0 Å². The first-order valence-corrected chi connectivity index (χ1v) is 11.1. The van der Waals surface area contributed by atoms with E-state index in [2.05, 4.69) is 25.5 Å². The number of pyridine rings is 1. The molecule has 1 amide bonds. The fourth-order valence-corrected chi connectivity index (χ4v) is 3.70. The summed E-state index contributed by atoms with van der Waals surface area (Å²) < 4.78 is 37.3. The van der Waals surface area contributed by atoms with Crippen LogP contribution in [0.3, 0.4) is 0 Å². The van der Waals surface area contributed by atoms with Gasteiger partial charge in [0.05, 0.1) is 23.5 Å². The summed E-state index contributed by atoms with van der Waals surface area (Å²) in [6.45, 7) is 7.35. The Morgan fingerprint density at radius 3 is 2.56 bits per heavy atom. The van der Waals surface area contributed by atoms with Crippen LogP contribution in [0.5, 0.6) is 0 Å². The van der Waals surface area contributed by atoms with Crippen LogP contribution in [0.15, 0.2) is 28.9 Å². The third-order valence-corrected chi connectivity index (χ3v) is 5.37. The van der Waals surface area contributed by atoms with Crippen molar-refractivity contribution in [1.29, 1.82) is 0 Å². The van der Waals surface area contributed by atoms with E-state index in [1.54, 1.807) is 21.7 Å². The molecule has 3 aromatic rings. The lowest BCUT2D eigenvalue weighted by molar-refractivity contribution is 0.0184. The molecule has 0 radical (unpaired) electrons. The Labute approximate surface area is 195 Å². The number of carbonyl (C=O) groups is 1. The SMILES string of the molecule is CC(C)(C)OC(=O)N1CCC(Cc2cn(Cc3ccc(-c4nnc(C(F)F)o4)cn3)nn2)CC1. The minimum absolute atomic E-state index is 0.00453. The number of halogens is 2. The summed E-state index contributed by atoms with van der Waals surface area (Å²) in [6, 6.07) is 3.43. The van der Waals surface area contributed by atoms with Crippen molar-refractivity contribution in [3.63, 3.8) is 0 Å². The highest BCUT2D eigenvalue weighted by Gasteiger charge is 2.27. The number of piperidine rings is 1. The fourth-order valence-electron chi connectivity index (χ4n) is 3.70. The van der Waals surface area contributed by atoms with E-state index in [0.29, 0.717) is 31.1 Å². The second kappa shape index (κ2) is 9.82. The summed E-state index contributed by atoms with van der Waals surface area (Å²) in [5, 5.41) is 15.4. The summed E-state index contributed by atoms with van der Waals surface area (Å²) in [4.78, 5) is 18.3. The van der Waals surface area contributed by atoms with E-state index in [9.17, 15) is 13.6 Å². The number of hydrogen-bond donors (Lipinski definition) is 0. The van der Waals surface area contributed by atoms with Gasteiger partial charge in [-0.1, -0.05) is 5.21 Å². The van der Waals surface area contributed by atoms with Gasteiger partial charge in [-0.15, -0.1) is 15.3 Å². The van der Waals surface area contributed by atoms with Gasteiger partial charge in [0.2, 0.25) is 5.89 Å². The molecule has 0 aromatic carbocycles. The minimum atomic E-state index is -2.81. The maximum atomic E-state index is 12.6. The predicted octanol–water partition coefficient (Wildman–Crippen LogP) is 3.90. The van der Waals surface area contributed by atoms with Gasteiger partial charge in [0.25, 0.3) is 5.89 Å². The summed E-state index contributed by atoms with van der Waals surface area (Å²) in [6.07, 6.45) is 2.88. The molecule has 34 heavy (non-hydrogen) atoms. The average Bonchev–Trinajstić information content (AvgIpc) is 3.44.